The van der Waals surface area contributed by atoms with Crippen LogP contribution in [0, 0.1) is 5.92 Å². The minimum Gasteiger partial charge on any atom is -0.312 e. The predicted molar refractivity (Wildman–Crippen MR) is 70.7 cm³/mol. The summed E-state index contributed by atoms with van der Waals surface area (Å²) in [5.74, 6) is 1.23. The van der Waals surface area contributed by atoms with E-state index in [9.17, 15) is 0 Å². The molecular weight excluding hydrogens is 250 g/mol. The Bertz CT molecular complexity index is 495. The van der Waals surface area contributed by atoms with E-state index >= 15 is 0 Å². The van der Waals surface area contributed by atoms with Crippen molar-refractivity contribution in [1.29, 1.82) is 0 Å². The van der Waals surface area contributed by atoms with E-state index in [0.29, 0.717) is 16.8 Å². The molecular formula is C12H16ClN5. The van der Waals surface area contributed by atoms with Gasteiger partial charge in [0.1, 0.15) is 12.7 Å². The molecule has 2 rings (SSSR count). The highest BCUT2D eigenvalue weighted by atomic mass is 35.5. The van der Waals surface area contributed by atoms with Crippen molar-refractivity contribution in [2.24, 2.45) is 5.92 Å². The topological polar surface area (TPSA) is 55.6 Å². The number of aromatic nitrogens is 4. The van der Waals surface area contributed by atoms with E-state index in [1.807, 2.05) is 6.07 Å². The lowest BCUT2D eigenvalue weighted by Gasteiger charge is -2.08. The summed E-state index contributed by atoms with van der Waals surface area (Å²) in [6, 6.07) is 1.90. The maximum Gasteiger partial charge on any atom is 0.173 e. The number of pyridine rings is 1. The Kier molecular flexibility index (Phi) is 4.28. The molecule has 5 nitrogen and oxygen atoms in total. The van der Waals surface area contributed by atoms with Crippen LogP contribution >= 0.6 is 11.6 Å². The van der Waals surface area contributed by atoms with Crippen LogP contribution in [0.5, 0.6) is 0 Å². The van der Waals surface area contributed by atoms with Crippen molar-refractivity contribution in [1.82, 2.24) is 25.1 Å². The molecule has 0 amide bonds. The minimum absolute atomic E-state index is 0.573. The zero-order valence-electron chi connectivity index (χ0n) is 10.5. The minimum atomic E-state index is 0.573. The fourth-order valence-electron chi connectivity index (χ4n) is 1.56. The molecule has 0 atom stereocenters. The van der Waals surface area contributed by atoms with Gasteiger partial charge in [-0.1, -0.05) is 25.4 Å². The summed E-state index contributed by atoms with van der Waals surface area (Å²) in [5.41, 5.74) is 1.06. The molecule has 1 N–H and O–H groups in total. The predicted octanol–water partition coefficient (Wildman–Crippen LogP) is 2.06. The van der Waals surface area contributed by atoms with E-state index < -0.39 is 0 Å². The second kappa shape index (κ2) is 5.93. The van der Waals surface area contributed by atoms with Crippen LogP contribution in [0.4, 0.5) is 0 Å². The Morgan fingerprint density at radius 3 is 2.89 bits per heavy atom. The normalized spacial score (nSPS) is 11.1. The van der Waals surface area contributed by atoms with E-state index in [0.717, 1.165) is 18.7 Å². The molecule has 0 saturated carbocycles. The van der Waals surface area contributed by atoms with E-state index in [2.05, 4.69) is 34.2 Å². The van der Waals surface area contributed by atoms with Gasteiger partial charge in [-0.05, 0) is 24.1 Å². The Morgan fingerprint density at radius 2 is 2.28 bits per heavy atom. The monoisotopic (exact) mass is 265 g/mol. The number of halogens is 1. The average Bonchev–Trinajstić information content (AvgIpc) is 2.82. The molecule has 0 bridgehead atoms. The van der Waals surface area contributed by atoms with Crippen LogP contribution in [-0.4, -0.2) is 26.3 Å². The summed E-state index contributed by atoms with van der Waals surface area (Å²) in [6.07, 6.45) is 4.83. The first-order valence-electron chi connectivity index (χ1n) is 5.87. The van der Waals surface area contributed by atoms with Gasteiger partial charge in [0, 0.05) is 12.7 Å². The number of hydrogen-bond donors (Lipinski definition) is 1. The standard InChI is InChI=1S/C12H16ClN5/c1-9(2)4-14-5-10-3-11(13)12(16-6-10)18-8-15-7-17-18/h3,6-9,14H,4-5H2,1-2H3. The third kappa shape index (κ3) is 3.27. The Labute approximate surface area is 111 Å². The van der Waals surface area contributed by atoms with Gasteiger partial charge in [0.2, 0.25) is 0 Å². The van der Waals surface area contributed by atoms with Crippen molar-refractivity contribution >= 4 is 11.6 Å². The molecule has 0 radical (unpaired) electrons. The first-order chi connectivity index (χ1) is 8.66. The van der Waals surface area contributed by atoms with E-state index in [1.54, 1.807) is 17.2 Å². The smallest absolute Gasteiger partial charge is 0.173 e. The van der Waals surface area contributed by atoms with Crippen molar-refractivity contribution in [2.45, 2.75) is 20.4 Å². The van der Waals surface area contributed by atoms with Crippen LogP contribution in [0.15, 0.2) is 24.9 Å². The van der Waals surface area contributed by atoms with Crippen molar-refractivity contribution in [3.63, 3.8) is 0 Å². The van der Waals surface area contributed by atoms with Gasteiger partial charge in [-0.3, -0.25) is 0 Å². The summed E-state index contributed by atoms with van der Waals surface area (Å²) in [7, 11) is 0. The van der Waals surface area contributed by atoms with Gasteiger partial charge in [0.25, 0.3) is 0 Å². The van der Waals surface area contributed by atoms with Gasteiger partial charge in [-0.25, -0.2) is 14.6 Å². The van der Waals surface area contributed by atoms with E-state index in [-0.39, 0.29) is 0 Å². The Hall–Kier alpha value is -1.46. The van der Waals surface area contributed by atoms with E-state index in [4.69, 9.17) is 11.6 Å². The molecule has 18 heavy (non-hydrogen) atoms. The molecule has 0 aliphatic carbocycles. The van der Waals surface area contributed by atoms with Crippen molar-refractivity contribution in [3.8, 4) is 5.82 Å². The molecule has 2 heterocycles. The SMILES string of the molecule is CC(C)CNCc1cnc(-n2cncn2)c(Cl)c1. The molecule has 2 aromatic rings. The highest BCUT2D eigenvalue weighted by Crippen LogP contribution is 2.18. The number of rotatable bonds is 5. The fraction of sp³-hybridized carbons (Fsp3) is 0.417. The molecule has 2 aromatic heterocycles. The molecule has 0 unspecified atom stereocenters. The van der Waals surface area contributed by atoms with Crippen molar-refractivity contribution in [2.75, 3.05) is 6.54 Å². The number of nitrogens with zero attached hydrogens (tertiary/aromatic N) is 4. The summed E-state index contributed by atoms with van der Waals surface area (Å²) >= 11 is 6.18. The summed E-state index contributed by atoms with van der Waals surface area (Å²) < 4.78 is 1.55. The van der Waals surface area contributed by atoms with Crippen LogP contribution < -0.4 is 5.32 Å². The largest absolute Gasteiger partial charge is 0.312 e. The molecule has 6 heteroatoms. The molecule has 0 aliphatic heterocycles. The van der Waals surface area contributed by atoms with Crippen molar-refractivity contribution in [3.05, 3.63) is 35.5 Å². The second-order valence-corrected chi connectivity index (χ2v) is 4.92. The van der Waals surface area contributed by atoms with Gasteiger partial charge >= 0.3 is 0 Å². The van der Waals surface area contributed by atoms with E-state index in [1.165, 1.54) is 6.33 Å². The second-order valence-electron chi connectivity index (χ2n) is 4.51. The molecule has 0 saturated heterocycles. The Morgan fingerprint density at radius 1 is 1.44 bits per heavy atom. The first kappa shape index (κ1) is 13.0. The van der Waals surface area contributed by atoms with Crippen LogP contribution in [0.1, 0.15) is 19.4 Å². The summed E-state index contributed by atoms with van der Waals surface area (Å²) in [4.78, 5) is 8.18. The third-order valence-corrected chi connectivity index (χ3v) is 2.67. The third-order valence-electron chi connectivity index (χ3n) is 2.40. The lowest BCUT2D eigenvalue weighted by Crippen LogP contribution is -2.19. The number of hydrogen-bond acceptors (Lipinski definition) is 4. The number of nitrogens with one attached hydrogen (secondary N) is 1. The fourth-order valence-corrected chi connectivity index (χ4v) is 1.83. The molecule has 96 valence electrons. The zero-order chi connectivity index (χ0) is 13.0. The molecule has 0 spiro atoms. The summed E-state index contributed by atoms with van der Waals surface area (Å²) in [5, 5.41) is 7.93. The average molecular weight is 266 g/mol. The van der Waals surface area contributed by atoms with Crippen LogP contribution in [-0.2, 0) is 6.54 Å². The van der Waals surface area contributed by atoms with Gasteiger partial charge in [0.15, 0.2) is 5.82 Å². The highest BCUT2D eigenvalue weighted by Gasteiger charge is 2.06. The maximum absolute atomic E-state index is 6.18. The maximum atomic E-state index is 6.18. The lowest BCUT2D eigenvalue weighted by atomic mass is 10.2. The molecule has 0 aliphatic rings. The molecule has 0 fully saturated rings. The van der Waals surface area contributed by atoms with Gasteiger partial charge in [-0.2, -0.15) is 5.10 Å². The lowest BCUT2D eigenvalue weighted by molar-refractivity contribution is 0.552. The quantitative estimate of drug-likeness (QED) is 0.899. The Balaban J connectivity index is 2.06. The highest BCUT2D eigenvalue weighted by molar-refractivity contribution is 6.32. The van der Waals surface area contributed by atoms with Crippen LogP contribution in [0.25, 0.3) is 5.82 Å². The van der Waals surface area contributed by atoms with Gasteiger partial charge in [0.05, 0.1) is 5.02 Å². The van der Waals surface area contributed by atoms with Gasteiger partial charge in [-0.15, -0.1) is 0 Å². The molecule has 0 aromatic carbocycles. The van der Waals surface area contributed by atoms with Crippen LogP contribution in [0.3, 0.4) is 0 Å². The first-order valence-corrected chi connectivity index (χ1v) is 6.24. The van der Waals surface area contributed by atoms with Gasteiger partial charge < -0.3 is 5.32 Å². The zero-order valence-corrected chi connectivity index (χ0v) is 11.2. The van der Waals surface area contributed by atoms with Crippen LogP contribution in [0.2, 0.25) is 5.02 Å². The summed E-state index contributed by atoms with van der Waals surface area (Å²) in [6.45, 7) is 6.09. The van der Waals surface area contributed by atoms with Crippen molar-refractivity contribution < 1.29 is 0 Å².